The topological polar surface area (TPSA) is 281 Å². The Hall–Kier alpha value is -4.45. The maximum Gasteiger partial charge on any atom is 0.418 e. The van der Waals surface area contributed by atoms with Crippen LogP contribution in [0.5, 0.6) is 5.75 Å². The van der Waals surface area contributed by atoms with E-state index in [1.807, 2.05) is 15.6 Å². The monoisotopic (exact) mass is 727 g/mol. The summed E-state index contributed by atoms with van der Waals surface area (Å²) in [5.41, 5.74) is 4.37. The number of hydrogen-bond donors (Lipinski definition) is 7. The normalized spacial score (nSPS) is 19.2. The number of aliphatic carboxylic acids is 1. The molecule has 2 aromatic heterocycles. The molecule has 266 valence electrons. The van der Waals surface area contributed by atoms with E-state index in [1.54, 1.807) is 18.2 Å². The summed E-state index contributed by atoms with van der Waals surface area (Å²) < 4.78 is 45.0. The van der Waals surface area contributed by atoms with E-state index in [4.69, 9.17) is 19.9 Å². The number of aliphatic hydroxyl groups excluding tert-OH is 2. The van der Waals surface area contributed by atoms with Crippen molar-refractivity contribution in [3.63, 3.8) is 0 Å². The number of ether oxygens (including phenoxy) is 1. The number of fused-ring (bicyclic) bond motifs is 1. The van der Waals surface area contributed by atoms with Crippen LogP contribution in [0.15, 0.2) is 34.9 Å². The summed E-state index contributed by atoms with van der Waals surface area (Å²) in [5.74, 6) is -2.84. The first-order chi connectivity index (χ1) is 23.1. The second kappa shape index (κ2) is 14.2. The van der Waals surface area contributed by atoms with Crippen LogP contribution in [0.4, 0.5) is 5.13 Å². The summed E-state index contributed by atoms with van der Waals surface area (Å²) in [6, 6.07) is 3.67. The second-order valence-electron chi connectivity index (χ2n) is 11.9. The fraction of sp³-hybridized carbons (Fsp3) is 0.481. The van der Waals surface area contributed by atoms with Gasteiger partial charge in [-0.2, -0.15) is 18.2 Å². The first-order valence-electron chi connectivity index (χ1n) is 14.7. The first-order valence-corrected chi connectivity index (χ1v) is 17.0. The van der Waals surface area contributed by atoms with Crippen LogP contribution in [0.2, 0.25) is 0 Å². The van der Waals surface area contributed by atoms with E-state index in [2.05, 4.69) is 25.1 Å². The minimum absolute atomic E-state index is 0.0437. The lowest BCUT2D eigenvalue weighted by atomic mass is 9.84. The van der Waals surface area contributed by atoms with Crippen molar-refractivity contribution in [2.45, 2.75) is 50.7 Å². The lowest BCUT2D eigenvalue weighted by Crippen LogP contribution is -2.76. The quantitative estimate of drug-likeness (QED) is 0.0267. The van der Waals surface area contributed by atoms with Gasteiger partial charge in [0.2, 0.25) is 6.20 Å². The number of aliphatic hydroxyl groups is 2. The van der Waals surface area contributed by atoms with Crippen LogP contribution in [-0.2, 0) is 47.0 Å². The summed E-state index contributed by atoms with van der Waals surface area (Å²) in [6.45, 7) is 4.27. The Bertz CT molecular complexity index is 1870. The Morgan fingerprint density at radius 1 is 1.33 bits per heavy atom. The largest absolute Gasteiger partial charge is 0.489 e. The highest BCUT2D eigenvalue weighted by atomic mass is 32.3. The number of nitrogens with zero attached hydrogens (tertiary/aromatic N) is 5. The number of thiazole rings is 1. The third kappa shape index (κ3) is 8.07. The lowest BCUT2D eigenvalue weighted by Gasteiger charge is -2.50. The van der Waals surface area contributed by atoms with E-state index in [-0.39, 0.29) is 23.1 Å². The molecule has 3 aromatic rings. The highest BCUT2D eigenvalue weighted by Gasteiger charge is 2.58. The molecule has 5 rings (SSSR count). The lowest BCUT2D eigenvalue weighted by molar-refractivity contribution is -0.779. The van der Waals surface area contributed by atoms with Crippen molar-refractivity contribution in [3.8, 4) is 5.75 Å². The van der Waals surface area contributed by atoms with Crippen molar-refractivity contribution in [2.75, 3.05) is 32.0 Å². The number of hydroxylamine groups is 2. The van der Waals surface area contributed by atoms with Gasteiger partial charge in [0.05, 0.1) is 17.5 Å². The minimum atomic E-state index is -5.03. The number of nitrogens with one attached hydrogen (secondary N) is 2. The predicted octanol–water partition coefficient (Wildman–Crippen LogP) is -2.37. The van der Waals surface area contributed by atoms with E-state index < -0.39 is 70.9 Å². The van der Waals surface area contributed by atoms with Gasteiger partial charge in [0, 0.05) is 24.4 Å². The number of carboxylic acid groups (broad SMARTS) is 1. The van der Waals surface area contributed by atoms with Crippen molar-refractivity contribution in [2.24, 2.45) is 11.1 Å². The summed E-state index contributed by atoms with van der Waals surface area (Å²) >= 11 is 0.946. The third-order valence-electron chi connectivity index (χ3n) is 7.83. The Balaban J connectivity index is 1.31. The maximum absolute atomic E-state index is 13.3. The van der Waals surface area contributed by atoms with E-state index in [9.17, 15) is 38.1 Å². The SMILES string of the molecule is CC1(C)C(NC(=O)/C(=N\O[C@@H](COc2ccc3c(c2)c[n+](CC2CNC2)n3CC(O)CO)C(=O)O)c2csc(N)n2)C(=O)N1OS(=O)(=O)O. The predicted molar refractivity (Wildman–Crippen MR) is 168 cm³/mol. The highest BCUT2D eigenvalue weighted by molar-refractivity contribution is 7.80. The molecule has 2 aliphatic rings. The van der Waals surface area contributed by atoms with Gasteiger partial charge in [-0.15, -0.1) is 20.3 Å². The number of carbonyl (C=O) groups excluding carboxylic acids is 2. The Morgan fingerprint density at radius 3 is 2.63 bits per heavy atom. The molecule has 3 atom stereocenters. The van der Waals surface area contributed by atoms with Crippen molar-refractivity contribution in [1.82, 2.24) is 25.4 Å². The molecule has 49 heavy (non-hydrogen) atoms. The average Bonchev–Trinajstić information content (AvgIpc) is 3.59. The van der Waals surface area contributed by atoms with Crippen molar-refractivity contribution < 1.29 is 61.2 Å². The smallest absolute Gasteiger partial charge is 0.418 e. The molecule has 0 spiro atoms. The zero-order chi connectivity index (χ0) is 35.7. The van der Waals surface area contributed by atoms with Crippen LogP contribution >= 0.6 is 11.3 Å². The molecule has 0 bridgehead atoms. The molecule has 2 aliphatic heterocycles. The van der Waals surface area contributed by atoms with Crippen LogP contribution in [0.3, 0.4) is 0 Å². The number of rotatable bonds is 16. The van der Waals surface area contributed by atoms with Gasteiger partial charge in [0.1, 0.15) is 42.3 Å². The molecule has 0 radical (unpaired) electrons. The Labute approximate surface area is 282 Å². The summed E-state index contributed by atoms with van der Waals surface area (Å²) in [6.07, 6.45) is -0.837. The highest BCUT2D eigenvalue weighted by Crippen LogP contribution is 2.33. The summed E-state index contributed by atoms with van der Waals surface area (Å²) in [7, 11) is -5.03. The van der Waals surface area contributed by atoms with Crippen LogP contribution in [0.25, 0.3) is 10.9 Å². The number of carboxylic acids is 1. The van der Waals surface area contributed by atoms with Crippen LogP contribution in [-0.4, -0.2) is 117 Å². The first kappa shape index (κ1) is 35.8. The molecule has 1 aromatic carbocycles. The van der Waals surface area contributed by atoms with Gasteiger partial charge in [-0.05, 0) is 32.0 Å². The van der Waals surface area contributed by atoms with Gasteiger partial charge in [0.25, 0.3) is 17.9 Å². The zero-order valence-corrected chi connectivity index (χ0v) is 27.8. The van der Waals surface area contributed by atoms with Crippen LogP contribution in [0.1, 0.15) is 19.5 Å². The molecule has 4 heterocycles. The zero-order valence-electron chi connectivity index (χ0n) is 26.1. The van der Waals surface area contributed by atoms with E-state index >= 15 is 0 Å². The standard InChI is InChI=1S/C27H34N8O12S2/c1-27(2)22(24(39)35(27)47-49(42,43)44)31-23(38)21(18-13-48-26(28)30-18)32-46-20(25(40)41)12-45-17-3-4-19-15(5-17)9-33(8-14-6-29-7-14)34(19)10-16(37)11-36/h3-5,9,13-14,16,20,22,29,36-37H,6-8,10-12H2,1-2H3,(H4-,28,30,31,38,40,41,42,43,44)/p+1/b32-21-/t16?,20-,22?/m0/s1. The maximum atomic E-state index is 13.3. The fourth-order valence-corrected chi connectivity index (χ4v) is 6.14. The third-order valence-corrected chi connectivity index (χ3v) is 8.84. The molecule has 2 fully saturated rings. The number of β-lactam (4-membered cyclic amide) rings is 1. The molecule has 0 aliphatic carbocycles. The minimum Gasteiger partial charge on any atom is -0.489 e. The molecular formula is C27H35N8O12S2+. The number of oxime groups is 1. The van der Waals surface area contributed by atoms with Gasteiger partial charge >= 0.3 is 16.4 Å². The Kier molecular flexibility index (Phi) is 10.4. The average molecular weight is 728 g/mol. The second-order valence-corrected chi connectivity index (χ2v) is 13.8. The fourth-order valence-electron chi connectivity index (χ4n) is 5.14. The summed E-state index contributed by atoms with van der Waals surface area (Å²) in [4.78, 5) is 47.1. The Morgan fingerprint density at radius 2 is 2.06 bits per heavy atom. The number of hydrogen-bond acceptors (Lipinski definition) is 15. The molecular weight excluding hydrogens is 692 g/mol. The molecule has 2 amide bonds. The number of anilines is 1. The molecule has 2 saturated heterocycles. The van der Waals surface area contributed by atoms with Crippen molar-refractivity contribution in [1.29, 1.82) is 0 Å². The number of nitrogens with two attached hydrogens (primary N) is 1. The van der Waals surface area contributed by atoms with Gasteiger partial charge in [-0.3, -0.25) is 14.1 Å². The number of aromatic nitrogens is 3. The van der Waals surface area contributed by atoms with Crippen molar-refractivity contribution >= 4 is 61.3 Å². The van der Waals surface area contributed by atoms with Gasteiger partial charge in [-0.1, -0.05) is 5.16 Å². The molecule has 8 N–H and O–H groups in total. The van der Waals surface area contributed by atoms with Crippen LogP contribution in [0, 0.1) is 5.92 Å². The van der Waals surface area contributed by atoms with Gasteiger partial charge in [0.15, 0.2) is 17.4 Å². The number of benzene rings is 1. The van der Waals surface area contributed by atoms with E-state index in [0.29, 0.717) is 17.5 Å². The van der Waals surface area contributed by atoms with Gasteiger partial charge < -0.3 is 41.3 Å². The van der Waals surface area contributed by atoms with E-state index in [0.717, 1.165) is 35.3 Å². The molecule has 22 heteroatoms. The molecule has 0 saturated carbocycles. The van der Waals surface area contributed by atoms with Crippen molar-refractivity contribution in [3.05, 3.63) is 35.5 Å². The van der Waals surface area contributed by atoms with Gasteiger partial charge in [-0.25, -0.2) is 9.78 Å². The van der Waals surface area contributed by atoms with E-state index in [1.165, 1.54) is 19.2 Å². The van der Waals surface area contributed by atoms with Crippen LogP contribution < -0.4 is 25.8 Å². The summed E-state index contributed by atoms with van der Waals surface area (Å²) in [5, 5.41) is 41.1. The number of carbonyl (C=O) groups is 3. The number of nitrogen functional groups attached to an aromatic ring is 1. The molecule has 20 nitrogen and oxygen atoms in total. The molecule has 2 unspecified atom stereocenters. The number of amides is 2.